The van der Waals surface area contributed by atoms with E-state index in [1.54, 1.807) is 30.1 Å². The predicted molar refractivity (Wildman–Crippen MR) is 69.7 cm³/mol. The highest BCUT2D eigenvalue weighted by Crippen LogP contribution is 2.28. The summed E-state index contributed by atoms with van der Waals surface area (Å²) in [6.07, 6.45) is 1.65. The van der Waals surface area contributed by atoms with Crippen LogP contribution >= 0.6 is 0 Å². The number of benzene rings is 1. The molecule has 1 amide bonds. The van der Waals surface area contributed by atoms with Crippen molar-refractivity contribution in [3.8, 4) is 5.75 Å². The molecule has 1 aromatic carbocycles. The van der Waals surface area contributed by atoms with Crippen molar-refractivity contribution in [2.75, 3.05) is 18.6 Å². The smallest absolute Gasteiger partial charge is 0.232 e. The Labute approximate surface area is 107 Å². The summed E-state index contributed by atoms with van der Waals surface area (Å²) in [4.78, 5) is 14.0. The first-order chi connectivity index (χ1) is 8.63. The van der Waals surface area contributed by atoms with Gasteiger partial charge in [-0.2, -0.15) is 0 Å². The highest BCUT2D eigenvalue weighted by Gasteiger charge is 2.34. The molecule has 0 aliphatic carbocycles. The molecule has 0 radical (unpaired) electrons. The highest BCUT2D eigenvalue weighted by molar-refractivity contribution is 5.95. The molecular formula is C14H19NO3. The van der Waals surface area contributed by atoms with Crippen molar-refractivity contribution in [3.63, 3.8) is 0 Å². The number of nitrogens with zero attached hydrogens (tertiary/aromatic N) is 1. The summed E-state index contributed by atoms with van der Waals surface area (Å²) < 4.78 is 5.55. The van der Waals surface area contributed by atoms with Crippen molar-refractivity contribution in [1.82, 2.24) is 0 Å². The Hall–Kier alpha value is -1.55. The SMILES string of the molecule is CCC1OCCC1C(=O)N(C)c1cccc(O)c1. The number of aromatic hydroxyl groups is 1. The lowest BCUT2D eigenvalue weighted by molar-refractivity contribution is -0.123. The number of carbonyl (C=O) groups is 1. The number of phenolic OH excluding ortho intramolecular Hbond substituents is 1. The minimum absolute atomic E-state index is 0.0252. The number of phenols is 1. The molecule has 4 heteroatoms. The van der Waals surface area contributed by atoms with Gasteiger partial charge >= 0.3 is 0 Å². The molecule has 1 saturated heterocycles. The van der Waals surface area contributed by atoms with E-state index >= 15 is 0 Å². The van der Waals surface area contributed by atoms with Gasteiger partial charge in [0.15, 0.2) is 0 Å². The fourth-order valence-corrected chi connectivity index (χ4v) is 2.41. The van der Waals surface area contributed by atoms with E-state index in [0.29, 0.717) is 12.3 Å². The molecule has 1 aromatic rings. The van der Waals surface area contributed by atoms with Crippen molar-refractivity contribution in [2.24, 2.45) is 5.92 Å². The standard InChI is InChI=1S/C14H19NO3/c1-3-13-12(7-8-18-13)14(17)15(2)10-5-4-6-11(16)9-10/h4-6,9,12-13,16H,3,7-8H2,1-2H3. The molecule has 2 atom stereocenters. The molecule has 1 aliphatic heterocycles. The summed E-state index contributed by atoms with van der Waals surface area (Å²) in [5.41, 5.74) is 0.710. The Bertz CT molecular complexity index is 433. The van der Waals surface area contributed by atoms with Gasteiger partial charge in [0.1, 0.15) is 5.75 Å². The van der Waals surface area contributed by atoms with Gasteiger partial charge in [-0.1, -0.05) is 13.0 Å². The Morgan fingerprint density at radius 2 is 2.33 bits per heavy atom. The van der Waals surface area contributed by atoms with Gasteiger partial charge in [-0.05, 0) is 25.0 Å². The van der Waals surface area contributed by atoms with Gasteiger partial charge in [0, 0.05) is 25.4 Å². The fourth-order valence-electron chi connectivity index (χ4n) is 2.41. The van der Waals surface area contributed by atoms with Crippen LogP contribution in [0, 0.1) is 5.92 Å². The molecule has 0 spiro atoms. The van der Waals surface area contributed by atoms with Crippen LogP contribution in [0.2, 0.25) is 0 Å². The van der Waals surface area contributed by atoms with E-state index in [1.165, 1.54) is 0 Å². The molecule has 18 heavy (non-hydrogen) atoms. The first-order valence-electron chi connectivity index (χ1n) is 6.31. The van der Waals surface area contributed by atoms with Crippen LogP contribution in [-0.4, -0.2) is 30.8 Å². The maximum absolute atomic E-state index is 12.4. The van der Waals surface area contributed by atoms with Crippen molar-refractivity contribution in [3.05, 3.63) is 24.3 Å². The van der Waals surface area contributed by atoms with Gasteiger partial charge in [0.05, 0.1) is 12.0 Å². The van der Waals surface area contributed by atoms with Crippen molar-refractivity contribution < 1.29 is 14.6 Å². The minimum atomic E-state index is -0.0673. The number of carbonyl (C=O) groups excluding carboxylic acids is 1. The van der Waals surface area contributed by atoms with Crippen LogP contribution in [-0.2, 0) is 9.53 Å². The minimum Gasteiger partial charge on any atom is -0.508 e. The largest absolute Gasteiger partial charge is 0.508 e. The Morgan fingerprint density at radius 3 is 3.00 bits per heavy atom. The average molecular weight is 249 g/mol. The van der Waals surface area contributed by atoms with Crippen LogP contribution in [0.1, 0.15) is 19.8 Å². The summed E-state index contributed by atoms with van der Waals surface area (Å²) in [5.74, 6) is 0.161. The van der Waals surface area contributed by atoms with E-state index in [2.05, 4.69) is 0 Å². The van der Waals surface area contributed by atoms with Crippen LogP contribution in [0.4, 0.5) is 5.69 Å². The monoisotopic (exact) mass is 249 g/mol. The number of hydrogen-bond donors (Lipinski definition) is 1. The summed E-state index contributed by atoms with van der Waals surface area (Å²) >= 11 is 0. The topological polar surface area (TPSA) is 49.8 Å². The summed E-state index contributed by atoms with van der Waals surface area (Å²) in [7, 11) is 1.74. The molecule has 1 N–H and O–H groups in total. The third-order valence-corrected chi connectivity index (χ3v) is 3.48. The van der Waals surface area contributed by atoms with E-state index < -0.39 is 0 Å². The van der Waals surface area contributed by atoms with E-state index in [4.69, 9.17) is 4.74 Å². The summed E-state index contributed by atoms with van der Waals surface area (Å²) in [6, 6.07) is 6.73. The van der Waals surface area contributed by atoms with Crippen molar-refractivity contribution in [2.45, 2.75) is 25.9 Å². The normalized spacial score (nSPS) is 23.0. The molecule has 0 bridgehead atoms. The van der Waals surface area contributed by atoms with Gasteiger partial charge < -0.3 is 14.7 Å². The van der Waals surface area contributed by atoms with Gasteiger partial charge in [0.25, 0.3) is 0 Å². The van der Waals surface area contributed by atoms with E-state index in [-0.39, 0.29) is 23.7 Å². The van der Waals surface area contributed by atoms with Gasteiger partial charge in [-0.25, -0.2) is 0 Å². The molecule has 1 fully saturated rings. The van der Waals surface area contributed by atoms with Crippen LogP contribution in [0.5, 0.6) is 5.75 Å². The second kappa shape index (κ2) is 5.40. The lowest BCUT2D eigenvalue weighted by Gasteiger charge is -2.23. The zero-order valence-corrected chi connectivity index (χ0v) is 10.8. The molecule has 98 valence electrons. The molecule has 1 heterocycles. The molecule has 1 aliphatic rings. The number of ether oxygens (including phenoxy) is 1. The van der Waals surface area contributed by atoms with Crippen molar-refractivity contribution >= 4 is 11.6 Å². The van der Waals surface area contributed by atoms with Gasteiger partial charge in [-0.15, -0.1) is 0 Å². The average Bonchev–Trinajstić information content (AvgIpc) is 2.85. The first-order valence-corrected chi connectivity index (χ1v) is 6.31. The Kier molecular flexibility index (Phi) is 3.87. The van der Waals surface area contributed by atoms with E-state index in [1.807, 2.05) is 13.0 Å². The summed E-state index contributed by atoms with van der Waals surface area (Å²) in [5, 5.41) is 9.44. The second-order valence-electron chi connectivity index (χ2n) is 4.63. The Morgan fingerprint density at radius 1 is 1.56 bits per heavy atom. The van der Waals surface area contributed by atoms with Crippen LogP contribution < -0.4 is 4.90 Å². The molecule has 2 rings (SSSR count). The molecule has 2 unspecified atom stereocenters. The molecular weight excluding hydrogens is 230 g/mol. The zero-order valence-electron chi connectivity index (χ0n) is 10.8. The maximum Gasteiger partial charge on any atom is 0.232 e. The number of anilines is 1. The number of hydrogen-bond acceptors (Lipinski definition) is 3. The quantitative estimate of drug-likeness (QED) is 0.893. The third kappa shape index (κ3) is 2.48. The highest BCUT2D eigenvalue weighted by atomic mass is 16.5. The Balaban J connectivity index is 2.13. The second-order valence-corrected chi connectivity index (χ2v) is 4.63. The van der Waals surface area contributed by atoms with Gasteiger partial charge in [0.2, 0.25) is 5.91 Å². The van der Waals surface area contributed by atoms with E-state index in [9.17, 15) is 9.90 Å². The number of rotatable bonds is 3. The first kappa shape index (κ1) is 12.9. The predicted octanol–water partition coefficient (Wildman–Crippen LogP) is 2.17. The number of amides is 1. The third-order valence-electron chi connectivity index (χ3n) is 3.48. The lowest BCUT2D eigenvalue weighted by atomic mass is 9.98. The summed E-state index contributed by atoms with van der Waals surface area (Å²) in [6.45, 7) is 2.69. The van der Waals surface area contributed by atoms with Crippen LogP contribution in [0.15, 0.2) is 24.3 Å². The van der Waals surface area contributed by atoms with Crippen LogP contribution in [0.3, 0.4) is 0 Å². The maximum atomic E-state index is 12.4. The lowest BCUT2D eigenvalue weighted by Crippen LogP contribution is -2.36. The van der Waals surface area contributed by atoms with Crippen molar-refractivity contribution in [1.29, 1.82) is 0 Å². The fraction of sp³-hybridized carbons (Fsp3) is 0.500. The molecule has 0 saturated carbocycles. The zero-order chi connectivity index (χ0) is 13.1. The van der Waals surface area contributed by atoms with E-state index in [0.717, 1.165) is 12.8 Å². The molecule has 0 aromatic heterocycles. The van der Waals surface area contributed by atoms with Gasteiger partial charge in [-0.3, -0.25) is 4.79 Å². The van der Waals surface area contributed by atoms with Crippen LogP contribution in [0.25, 0.3) is 0 Å². The molecule has 4 nitrogen and oxygen atoms in total.